The van der Waals surface area contributed by atoms with E-state index in [2.05, 4.69) is 18.3 Å². The first-order chi connectivity index (χ1) is 10.3. The first-order valence-corrected chi connectivity index (χ1v) is 7.20. The quantitative estimate of drug-likeness (QED) is 0.844. The van der Waals surface area contributed by atoms with Gasteiger partial charge in [-0.3, -0.25) is 5.32 Å². The summed E-state index contributed by atoms with van der Waals surface area (Å²) < 4.78 is 5.83. The lowest BCUT2D eigenvalue weighted by Crippen LogP contribution is -2.46. The van der Waals surface area contributed by atoms with Gasteiger partial charge in [-0.15, -0.1) is 0 Å². The molecule has 2 aromatic carbocycles. The smallest absolute Gasteiger partial charge is 0.166 e. The van der Waals surface area contributed by atoms with Crippen molar-refractivity contribution in [2.75, 3.05) is 13.2 Å². The highest BCUT2D eigenvalue weighted by Gasteiger charge is 2.32. The molecule has 1 atom stereocenters. The van der Waals surface area contributed by atoms with Gasteiger partial charge in [-0.2, -0.15) is 5.26 Å². The summed E-state index contributed by atoms with van der Waals surface area (Å²) in [6.45, 7) is 3.12. The summed E-state index contributed by atoms with van der Waals surface area (Å²) in [5.74, 6) is 0.770. The Morgan fingerprint density at radius 2 is 1.67 bits per heavy atom. The van der Waals surface area contributed by atoms with Gasteiger partial charge in [-0.25, -0.2) is 0 Å². The van der Waals surface area contributed by atoms with E-state index >= 15 is 0 Å². The lowest BCUT2D eigenvalue weighted by Gasteiger charge is -2.28. The molecule has 0 aliphatic rings. The maximum absolute atomic E-state index is 9.74. The normalized spacial score (nSPS) is 13.1. The van der Waals surface area contributed by atoms with Crippen LogP contribution in [0.2, 0.25) is 0 Å². The Balaban J connectivity index is 2.21. The Morgan fingerprint density at radius 1 is 1.05 bits per heavy atom. The van der Waals surface area contributed by atoms with E-state index in [0.717, 1.165) is 24.3 Å². The third kappa shape index (κ3) is 3.84. The summed E-state index contributed by atoms with van der Waals surface area (Å²) in [6.07, 6.45) is 0.960. The van der Waals surface area contributed by atoms with Gasteiger partial charge < -0.3 is 4.74 Å². The first-order valence-electron chi connectivity index (χ1n) is 7.20. The number of benzene rings is 2. The van der Waals surface area contributed by atoms with E-state index in [4.69, 9.17) is 4.74 Å². The average molecular weight is 280 g/mol. The summed E-state index contributed by atoms with van der Waals surface area (Å²) in [5.41, 5.74) is 0.101. The number of rotatable bonds is 7. The molecule has 0 amide bonds. The van der Waals surface area contributed by atoms with E-state index in [-0.39, 0.29) is 6.61 Å². The fraction of sp³-hybridized carbons (Fsp3) is 0.278. The summed E-state index contributed by atoms with van der Waals surface area (Å²) in [4.78, 5) is 0. The third-order valence-corrected chi connectivity index (χ3v) is 3.33. The summed E-state index contributed by atoms with van der Waals surface area (Å²) >= 11 is 0. The second-order valence-electron chi connectivity index (χ2n) is 4.91. The van der Waals surface area contributed by atoms with Crippen LogP contribution in [0.4, 0.5) is 0 Å². The SMILES string of the molecule is CCCNC(C#N)(COc1ccccc1)c1ccccc1. The van der Waals surface area contributed by atoms with Crippen LogP contribution in [-0.4, -0.2) is 13.2 Å². The molecule has 108 valence electrons. The van der Waals surface area contributed by atoms with Crippen molar-refractivity contribution >= 4 is 0 Å². The molecule has 3 nitrogen and oxygen atoms in total. The Kier molecular flexibility index (Phi) is 5.36. The van der Waals surface area contributed by atoms with E-state index in [1.807, 2.05) is 60.7 Å². The molecule has 0 fully saturated rings. The maximum Gasteiger partial charge on any atom is 0.166 e. The molecule has 21 heavy (non-hydrogen) atoms. The molecule has 0 heterocycles. The summed E-state index contributed by atoms with van der Waals surface area (Å²) in [7, 11) is 0. The largest absolute Gasteiger partial charge is 0.490 e. The van der Waals surface area contributed by atoms with Gasteiger partial charge in [0.2, 0.25) is 0 Å². The standard InChI is InChI=1S/C18H20N2O/c1-2-13-20-18(14-19,16-9-5-3-6-10-16)15-21-17-11-7-4-8-12-17/h3-12,20H,2,13,15H2,1H3. The van der Waals surface area contributed by atoms with Crippen LogP contribution in [0.5, 0.6) is 5.75 Å². The zero-order valence-electron chi connectivity index (χ0n) is 12.3. The molecule has 0 bridgehead atoms. The predicted molar refractivity (Wildman–Crippen MR) is 84.0 cm³/mol. The van der Waals surface area contributed by atoms with Crippen LogP contribution in [0.25, 0.3) is 0 Å². The molecule has 2 aromatic rings. The van der Waals surface area contributed by atoms with Gasteiger partial charge in [-0.05, 0) is 30.7 Å². The Morgan fingerprint density at radius 3 is 2.24 bits per heavy atom. The maximum atomic E-state index is 9.74. The van der Waals surface area contributed by atoms with Gasteiger partial charge in [-0.1, -0.05) is 55.5 Å². The highest BCUT2D eigenvalue weighted by atomic mass is 16.5. The second kappa shape index (κ2) is 7.47. The predicted octanol–water partition coefficient (Wildman–Crippen LogP) is 3.48. The number of nitrogens with one attached hydrogen (secondary N) is 1. The van der Waals surface area contributed by atoms with Gasteiger partial charge in [0.25, 0.3) is 0 Å². The second-order valence-corrected chi connectivity index (χ2v) is 4.91. The Hall–Kier alpha value is -2.31. The van der Waals surface area contributed by atoms with Crippen molar-refractivity contribution in [3.8, 4) is 11.8 Å². The lowest BCUT2D eigenvalue weighted by atomic mass is 9.92. The first kappa shape index (κ1) is 15.1. The number of para-hydroxylation sites is 1. The van der Waals surface area contributed by atoms with Crippen molar-refractivity contribution < 1.29 is 4.74 Å². The van der Waals surface area contributed by atoms with E-state index in [1.165, 1.54) is 0 Å². The molecule has 1 unspecified atom stereocenters. The van der Waals surface area contributed by atoms with Crippen molar-refractivity contribution in [2.24, 2.45) is 0 Å². The fourth-order valence-electron chi connectivity index (χ4n) is 2.14. The number of nitriles is 1. The molecular formula is C18H20N2O. The van der Waals surface area contributed by atoms with E-state index < -0.39 is 5.54 Å². The van der Waals surface area contributed by atoms with Crippen molar-refractivity contribution in [3.63, 3.8) is 0 Å². The van der Waals surface area contributed by atoms with Crippen LogP contribution < -0.4 is 10.1 Å². The fourth-order valence-corrected chi connectivity index (χ4v) is 2.14. The highest BCUT2D eigenvalue weighted by molar-refractivity contribution is 5.32. The van der Waals surface area contributed by atoms with Gasteiger partial charge >= 0.3 is 0 Å². The molecular weight excluding hydrogens is 260 g/mol. The van der Waals surface area contributed by atoms with E-state index in [0.29, 0.717) is 0 Å². The molecule has 2 rings (SSSR count). The van der Waals surface area contributed by atoms with Crippen LogP contribution in [0.3, 0.4) is 0 Å². The van der Waals surface area contributed by atoms with Crippen molar-refractivity contribution in [1.29, 1.82) is 5.26 Å². The molecule has 0 aliphatic carbocycles. The average Bonchev–Trinajstić information content (AvgIpc) is 2.57. The molecule has 0 spiro atoms. The van der Waals surface area contributed by atoms with Crippen LogP contribution in [-0.2, 0) is 5.54 Å². The molecule has 0 aliphatic heterocycles. The van der Waals surface area contributed by atoms with Crippen LogP contribution in [0.1, 0.15) is 18.9 Å². The topological polar surface area (TPSA) is 45.0 Å². The minimum absolute atomic E-state index is 0.275. The molecule has 1 N–H and O–H groups in total. The van der Waals surface area contributed by atoms with Crippen LogP contribution >= 0.6 is 0 Å². The number of ether oxygens (including phenoxy) is 1. The molecule has 0 saturated heterocycles. The monoisotopic (exact) mass is 280 g/mol. The summed E-state index contributed by atoms with van der Waals surface area (Å²) in [6, 6.07) is 21.7. The molecule has 0 radical (unpaired) electrons. The Labute approximate surface area is 126 Å². The van der Waals surface area contributed by atoms with Crippen molar-refractivity contribution in [3.05, 3.63) is 66.2 Å². The molecule has 3 heteroatoms. The van der Waals surface area contributed by atoms with Gasteiger partial charge in [0.1, 0.15) is 12.4 Å². The minimum Gasteiger partial charge on any atom is -0.490 e. The van der Waals surface area contributed by atoms with Crippen LogP contribution in [0.15, 0.2) is 60.7 Å². The number of hydrogen-bond acceptors (Lipinski definition) is 3. The number of hydrogen-bond donors (Lipinski definition) is 1. The minimum atomic E-state index is -0.826. The van der Waals surface area contributed by atoms with Crippen LogP contribution in [0, 0.1) is 11.3 Å². The van der Waals surface area contributed by atoms with Gasteiger partial charge in [0.05, 0.1) is 6.07 Å². The van der Waals surface area contributed by atoms with Gasteiger partial charge in [0.15, 0.2) is 5.54 Å². The summed E-state index contributed by atoms with van der Waals surface area (Å²) in [5, 5.41) is 13.1. The number of nitrogens with zero attached hydrogens (tertiary/aromatic N) is 1. The van der Waals surface area contributed by atoms with E-state index in [1.54, 1.807) is 0 Å². The van der Waals surface area contributed by atoms with E-state index in [9.17, 15) is 5.26 Å². The Bertz CT molecular complexity index is 577. The van der Waals surface area contributed by atoms with Crippen molar-refractivity contribution in [1.82, 2.24) is 5.32 Å². The lowest BCUT2D eigenvalue weighted by molar-refractivity contribution is 0.222. The third-order valence-electron chi connectivity index (χ3n) is 3.33. The van der Waals surface area contributed by atoms with Crippen molar-refractivity contribution in [2.45, 2.75) is 18.9 Å². The zero-order chi connectivity index (χ0) is 15.0. The molecule has 0 saturated carbocycles. The highest BCUT2D eigenvalue weighted by Crippen LogP contribution is 2.22. The molecule has 0 aromatic heterocycles. The zero-order valence-corrected chi connectivity index (χ0v) is 12.3. The van der Waals surface area contributed by atoms with Gasteiger partial charge in [0, 0.05) is 0 Å².